The van der Waals surface area contributed by atoms with Crippen molar-refractivity contribution in [3.05, 3.63) is 52.6 Å². The fraction of sp³-hybridized carbons (Fsp3) is 0.235. The van der Waals surface area contributed by atoms with Crippen LogP contribution in [0.3, 0.4) is 0 Å². The van der Waals surface area contributed by atoms with E-state index in [9.17, 15) is 9.90 Å². The van der Waals surface area contributed by atoms with E-state index in [2.05, 4.69) is 0 Å². The van der Waals surface area contributed by atoms with Gasteiger partial charge in [-0.2, -0.15) is 0 Å². The predicted molar refractivity (Wildman–Crippen MR) is 80.6 cm³/mol. The second kappa shape index (κ2) is 5.87. The number of carbonyl (C=O) groups excluding carboxylic acids is 1. The van der Waals surface area contributed by atoms with Crippen molar-refractivity contribution in [3.8, 4) is 17.2 Å². The van der Waals surface area contributed by atoms with Gasteiger partial charge in [0.15, 0.2) is 17.3 Å². The lowest BCUT2D eigenvalue weighted by Gasteiger charge is -2.12. The number of benzene rings is 2. The van der Waals surface area contributed by atoms with E-state index in [0.29, 0.717) is 11.1 Å². The summed E-state index contributed by atoms with van der Waals surface area (Å²) in [6.07, 6.45) is 0. The van der Waals surface area contributed by atoms with Crippen LogP contribution in [0.4, 0.5) is 0 Å². The van der Waals surface area contributed by atoms with Crippen molar-refractivity contribution in [1.82, 2.24) is 0 Å². The van der Waals surface area contributed by atoms with Crippen molar-refractivity contribution < 1.29 is 19.4 Å². The molecule has 0 aliphatic carbocycles. The van der Waals surface area contributed by atoms with Gasteiger partial charge < -0.3 is 14.6 Å². The average Bonchev–Trinajstić information content (AvgIpc) is 2.47. The van der Waals surface area contributed by atoms with Crippen LogP contribution in [0.25, 0.3) is 0 Å². The first-order valence-corrected chi connectivity index (χ1v) is 6.55. The maximum absolute atomic E-state index is 12.6. The average molecular weight is 286 g/mol. The molecule has 0 aliphatic heterocycles. The second-order valence-electron chi connectivity index (χ2n) is 4.88. The number of methoxy groups -OCH3 is 2. The smallest absolute Gasteiger partial charge is 0.200 e. The number of hydrogen-bond donors (Lipinski definition) is 1. The fourth-order valence-electron chi connectivity index (χ4n) is 2.25. The minimum Gasteiger partial charge on any atom is -0.502 e. The highest BCUT2D eigenvalue weighted by Gasteiger charge is 2.18. The molecule has 0 bridgehead atoms. The largest absolute Gasteiger partial charge is 0.502 e. The number of ether oxygens (including phenoxy) is 2. The van der Waals surface area contributed by atoms with Gasteiger partial charge in [-0.3, -0.25) is 4.79 Å². The molecule has 0 aromatic heterocycles. The molecule has 0 fully saturated rings. The third-order valence-electron chi connectivity index (χ3n) is 3.37. The molecule has 0 heterocycles. The SMILES string of the molecule is COc1cc(C(=O)c2ccc(C)cc2C)cc(OC)c1O. The van der Waals surface area contributed by atoms with Gasteiger partial charge in [-0.05, 0) is 31.5 Å². The van der Waals surface area contributed by atoms with Gasteiger partial charge in [0.05, 0.1) is 14.2 Å². The van der Waals surface area contributed by atoms with E-state index in [1.807, 2.05) is 26.0 Å². The van der Waals surface area contributed by atoms with Crippen molar-refractivity contribution >= 4 is 5.78 Å². The molecule has 0 amide bonds. The van der Waals surface area contributed by atoms with E-state index in [4.69, 9.17) is 9.47 Å². The number of aryl methyl sites for hydroxylation is 2. The van der Waals surface area contributed by atoms with E-state index < -0.39 is 0 Å². The summed E-state index contributed by atoms with van der Waals surface area (Å²) >= 11 is 0. The Morgan fingerprint density at radius 2 is 1.57 bits per heavy atom. The van der Waals surface area contributed by atoms with Gasteiger partial charge in [0.2, 0.25) is 5.75 Å². The van der Waals surface area contributed by atoms with Crippen LogP contribution in [-0.4, -0.2) is 25.1 Å². The minimum atomic E-state index is -0.135. The highest BCUT2D eigenvalue weighted by molar-refractivity contribution is 6.10. The summed E-state index contributed by atoms with van der Waals surface area (Å²) < 4.78 is 10.2. The summed E-state index contributed by atoms with van der Waals surface area (Å²) in [5, 5.41) is 9.90. The zero-order valence-electron chi connectivity index (χ0n) is 12.6. The lowest BCUT2D eigenvalue weighted by atomic mass is 9.97. The van der Waals surface area contributed by atoms with Crippen molar-refractivity contribution in [2.75, 3.05) is 14.2 Å². The highest BCUT2D eigenvalue weighted by atomic mass is 16.5. The summed E-state index contributed by atoms with van der Waals surface area (Å²) in [7, 11) is 2.86. The molecule has 2 aromatic carbocycles. The molecule has 0 saturated carbocycles. The second-order valence-corrected chi connectivity index (χ2v) is 4.88. The Hall–Kier alpha value is -2.49. The zero-order chi connectivity index (χ0) is 15.6. The van der Waals surface area contributed by atoms with E-state index in [-0.39, 0.29) is 23.0 Å². The van der Waals surface area contributed by atoms with Crippen LogP contribution in [0.2, 0.25) is 0 Å². The van der Waals surface area contributed by atoms with Gasteiger partial charge in [0.25, 0.3) is 0 Å². The maximum Gasteiger partial charge on any atom is 0.200 e. The zero-order valence-corrected chi connectivity index (χ0v) is 12.6. The van der Waals surface area contributed by atoms with Gasteiger partial charge >= 0.3 is 0 Å². The third-order valence-corrected chi connectivity index (χ3v) is 3.37. The summed E-state index contributed by atoms with van der Waals surface area (Å²) in [5.74, 6) is 0.172. The maximum atomic E-state index is 12.6. The van der Waals surface area contributed by atoms with Crippen LogP contribution in [0, 0.1) is 13.8 Å². The van der Waals surface area contributed by atoms with E-state index in [1.165, 1.54) is 26.4 Å². The first-order valence-electron chi connectivity index (χ1n) is 6.55. The normalized spacial score (nSPS) is 10.3. The summed E-state index contributed by atoms with van der Waals surface area (Å²) in [6.45, 7) is 3.88. The highest BCUT2D eigenvalue weighted by Crippen LogP contribution is 2.37. The van der Waals surface area contributed by atoms with Gasteiger partial charge in [-0.15, -0.1) is 0 Å². The Morgan fingerprint density at radius 3 is 2.05 bits per heavy atom. The lowest BCUT2D eigenvalue weighted by molar-refractivity contribution is 0.103. The van der Waals surface area contributed by atoms with Crippen LogP contribution >= 0.6 is 0 Å². The lowest BCUT2D eigenvalue weighted by Crippen LogP contribution is -2.05. The number of aromatic hydroxyl groups is 1. The number of carbonyl (C=O) groups is 1. The van der Waals surface area contributed by atoms with Crippen molar-refractivity contribution in [2.24, 2.45) is 0 Å². The first kappa shape index (κ1) is 14.9. The molecule has 0 saturated heterocycles. The first-order chi connectivity index (χ1) is 9.97. The van der Waals surface area contributed by atoms with Crippen molar-refractivity contribution in [3.63, 3.8) is 0 Å². The molecule has 0 spiro atoms. The van der Waals surface area contributed by atoms with Crippen LogP contribution in [0.1, 0.15) is 27.0 Å². The van der Waals surface area contributed by atoms with Gasteiger partial charge in [-0.1, -0.05) is 23.8 Å². The van der Waals surface area contributed by atoms with Crippen LogP contribution in [0.5, 0.6) is 17.2 Å². The molecule has 21 heavy (non-hydrogen) atoms. The number of phenolic OH excluding ortho intramolecular Hbond substituents is 1. The Balaban J connectivity index is 2.53. The van der Waals surface area contributed by atoms with Crippen LogP contribution in [-0.2, 0) is 0 Å². The topological polar surface area (TPSA) is 55.8 Å². The Kier molecular flexibility index (Phi) is 4.17. The number of phenols is 1. The molecule has 110 valence electrons. The Bertz CT molecular complexity index is 664. The monoisotopic (exact) mass is 286 g/mol. The Labute approximate surface area is 123 Å². The predicted octanol–water partition coefficient (Wildman–Crippen LogP) is 3.26. The Morgan fingerprint density at radius 1 is 1.00 bits per heavy atom. The summed E-state index contributed by atoms with van der Waals surface area (Å²) in [4.78, 5) is 12.6. The number of hydrogen-bond acceptors (Lipinski definition) is 4. The quantitative estimate of drug-likeness (QED) is 0.876. The van der Waals surface area contributed by atoms with Crippen LogP contribution < -0.4 is 9.47 Å². The summed E-state index contributed by atoms with van der Waals surface area (Å²) in [6, 6.07) is 8.69. The molecule has 0 atom stereocenters. The summed E-state index contributed by atoms with van der Waals surface area (Å²) in [5.41, 5.74) is 3.04. The molecular weight excluding hydrogens is 268 g/mol. The molecule has 2 aromatic rings. The van der Waals surface area contributed by atoms with Gasteiger partial charge in [0.1, 0.15) is 0 Å². The fourth-order valence-corrected chi connectivity index (χ4v) is 2.25. The molecule has 1 N–H and O–H groups in total. The standard InChI is InChI=1S/C17H18O4/c1-10-5-6-13(11(2)7-10)16(18)12-8-14(20-3)17(19)15(9-12)21-4/h5-9,19H,1-4H3. The van der Waals surface area contributed by atoms with Gasteiger partial charge in [-0.25, -0.2) is 0 Å². The van der Waals surface area contributed by atoms with Gasteiger partial charge in [0, 0.05) is 11.1 Å². The molecule has 2 rings (SSSR count). The van der Waals surface area contributed by atoms with Crippen molar-refractivity contribution in [2.45, 2.75) is 13.8 Å². The van der Waals surface area contributed by atoms with Crippen molar-refractivity contribution in [1.29, 1.82) is 0 Å². The molecule has 4 nitrogen and oxygen atoms in total. The molecule has 0 unspecified atom stereocenters. The van der Waals surface area contributed by atoms with E-state index in [0.717, 1.165) is 11.1 Å². The van der Waals surface area contributed by atoms with Crippen LogP contribution in [0.15, 0.2) is 30.3 Å². The number of ketones is 1. The molecule has 0 aliphatic rings. The minimum absolute atomic E-state index is 0.114. The number of rotatable bonds is 4. The van der Waals surface area contributed by atoms with E-state index >= 15 is 0 Å². The van der Waals surface area contributed by atoms with E-state index in [1.54, 1.807) is 6.07 Å². The molecule has 0 radical (unpaired) electrons. The molecule has 4 heteroatoms. The third kappa shape index (κ3) is 2.84. The molecular formula is C17H18O4.